The Morgan fingerprint density at radius 1 is 1.21 bits per heavy atom. The molecule has 2 aromatic carbocycles. The third-order valence-corrected chi connectivity index (χ3v) is 4.89. The average molecular weight is 402 g/mol. The number of thiazole rings is 1. The fraction of sp³-hybridized carbons (Fsp3) is 0.111. The third-order valence-electron chi connectivity index (χ3n) is 3.39. The van der Waals surface area contributed by atoms with Gasteiger partial charge in [-0.1, -0.05) is 30.3 Å². The lowest BCUT2D eigenvalue weighted by molar-refractivity contribution is 0.412. The van der Waals surface area contributed by atoms with Gasteiger partial charge in [0, 0.05) is 10.4 Å². The normalized spacial score (nSPS) is 11.0. The summed E-state index contributed by atoms with van der Waals surface area (Å²) in [7, 11) is 1.64. The first kappa shape index (κ1) is 16.7. The summed E-state index contributed by atoms with van der Waals surface area (Å²) in [5, 5.41) is 5.04. The summed E-state index contributed by atoms with van der Waals surface area (Å²) in [5.41, 5.74) is 6.07. The molecular weight excluding hydrogens is 386 g/mol. The molecule has 0 fully saturated rings. The van der Waals surface area contributed by atoms with E-state index in [1.165, 1.54) is 0 Å². The number of nitrogens with one attached hydrogen (secondary N) is 1. The number of methoxy groups -OCH3 is 1. The molecule has 0 aliphatic rings. The van der Waals surface area contributed by atoms with Crippen LogP contribution in [0.4, 0.5) is 5.13 Å². The van der Waals surface area contributed by atoms with Gasteiger partial charge in [0.2, 0.25) is 5.13 Å². The molecule has 122 valence electrons. The summed E-state index contributed by atoms with van der Waals surface area (Å²) in [4.78, 5) is 5.78. The highest BCUT2D eigenvalue weighted by Crippen LogP contribution is 2.30. The van der Waals surface area contributed by atoms with Crippen LogP contribution in [0.1, 0.15) is 10.4 Å². The number of hydrazone groups is 1. The second-order valence-electron chi connectivity index (χ2n) is 5.05. The van der Waals surface area contributed by atoms with E-state index in [0.717, 1.165) is 37.1 Å². The second-order valence-corrected chi connectivity index (χ2v) is 7.11. The molecule has 0 aliphatic carbocycles. The molecule has 0 saturated heterocycles. The van der Waals surface area contributed by atoms with Gasteiger partial charge in [0.15, 0.2) is 0 Å². The van der Waals surface area contributed by atoms with Gasteiger partial charge >= 0.3 is 0 Å². The molecule has 24 heavy (non-hydrogen) atoms. The van der Waals surface area contributed by atoms with E-state index in [4.69, 9.17) is 4.74 Å². The molecule has 0 radical (unpaired) electrons. The summed E-state index contributed by atoms with van der Waals surface area (Å²) in [6, 6.07) is 15.9. The highest BCUT2D eigenvalue weighted by molar-refractivity contribution is 9.10. The van der Waals surface area contributed by atoms with Gasteiger partial charge in [-0.3, -0.25) is 5.43 Å². The van der Waals surface area contributed by atoms with Gasteiger partial charge in [-0.15, -0.1) is 11.3 Å². The van der Waals surface area contributed by atoms with Crippen molar-refractivity contribution in [3.8, 4) is 17.0 Å². The number of aryl methyl sites for hydroxylation is 1. The van der Waals surface area contributed by atoms with Crippen molar-refractivity contribution >= 4 is 38.6 Å². The number of aromatic nitrogens is 1. The maximum Gasteiger partial charge on any atom is 0.204 e. The number of ether oxygens (including phenoxy) is 1. The SMILES string of the molecule is COc1ccc(/C=N\Nc2nc(-c3ccccc3)c(C)s2)cc1Br. The minimum absolute atomic E-state index is 0.773. The Morgan fingerprint density at radius 3 is 2.71 bits per heavy atom. The minimum atomic E-state index is 0.773. The molecule has 0 spiro atoms. The molecule has 3 rings (SSSR count). The first-order valence-electron chi connectivity index (χ1n) is 7.33. The fourth-order valence-corrected chi connectivity index (χ4v) is 3.58. The third kappa shape index (κ3) is 3.83. The summed E-state index contributed by atoms with van der Waals surface area (Å²) < 4.78 is 6.11. The lowest BCUT2D eigenvalue weighted by Gasteiger charge is -2.03. The molecule has 0 atom stereocenters. The van der Waals surface area contributed by atoms with E-state index in [9.17, 15) is 0 Å². The predicted molar refractivity (Wildman–Crippen MR) is 104 cm³/mol. The van der Waals surface area contributed by atoms with Crippen molar-refractivity contribution in [2.75, 3.05) is 12.5 Å². The molecule has 1 aromatic heterocycles. The van der Waals surface area contributed by atoms with E-state index in [-0.39, 0.29) is 0 Å². The van der Waals surface area contributed by atoms with Gasteiger partial charge in [0.1, 0.15) is 5.75 Å². The number of halogens is 1. The Balaban J connectivity index is 1.72. The van der Waals surface area contributed by atoms with Crippen LogP contribution >= 0.6 is 27.3 Å². The van der Waals surface area contributed by atoms with Crippen molar-refractivity contribution in [1.29, 1.82) is 0 Å². The first-order valence-corrected chi connectivity index (χ1v) is 8.94. The van der Waals surface area contributed by atoms with E-state index in [0.29, 0.717) is 0 Å². The Morgan fingerprint density at radius 2 is 2.00 bits per heavy atom. The quantitative estimate of drug-likeness (QED) is 0.463. The molecule has 4 nitrogen and oxygen atoms in total. The van der Waals surface area contributed by atoms with Gasteiger partial charge in [0.25, 0.3) is 0 Å². The number of nitrogens with zero attached hydrogens (tertiary/aromatic N) is 2. The number of hydrogen-bond donors (Lipinski definition) is 1. The monoisotopic (exact) mass is 401 g/mol. The van der Waals surface area contributed by atoms with Gasteiger partial charge in [-0.2, -0.15) is 5.10 Å². The van der Waals surface area contributed by atoms with Crippen molar-refractivity contribution < 1.29 is 4.74 Å². The lowest BCUT2D eigenvalue weighted by atomic mass is 10.1. The Labute approximate surface area is 153 Å². The second kappa shape index (κ2) is 7.59. The highest BCUT2D eigenvalue weighted by Gasteiger charge is 2.08. The fourth-order valence-electron chi connectivity index (χ4n) is 2.23. The molecule has 0 aliphatic heterocycles. The van der Waals surface area contributed by atoms with Gasteiger partial charge < -0.3 is 4.74 Å². The topological polar surface area (TPSA) is 46.5 Å². The Kier molecular flexibility index (Phi) is 5.27. The molecular formula is C18H16BrN3OS. The van der Waals surface area contributed by atoms with Gasteiger partial charge in [-0.25, -0.2) is 4.98 Å². The van der Waals surface area contributed by atoms with Crippen LogP contribution in [0, 0.1) is 6.92 Å². The van der Waals surface area contributed by atoms with E-state index >= 15 is 0 Å². The minimum Gasteiger partial charge on any atom is -0.496 e. The first-order chi connectivity index (χ1) is 11.7. The van der Waals surface area contributed by atoms with Gasteiger partial charge in [0.05, 0.1) is 23.5 Å². The van der Waals surface area contributed by atoms with Crippen molar-refractivity contribution in [2.24, 2.45) is 5.10 Å². The van der Waals surface area contributed by atoms with Crippen LogP contribution in [0.15, 0.2) is 58.1 Å². The summed E-state index contributed by atoms with van der Waals surface area (Å²) in [5.74, 6) is 0.795. The zero-order chi connectivity index (χ0) is 16.9. The van der Waals surface area contributed by atoms with Crippen molar-refractivity contribution in [2.45, 2.75) is 6.92 Å². The summed E-state index contributed by atoms with van der Waals surface area (Å²) in [6.45, 7) is 2.06. The van der Waals surface area contributed by atoms with Crippen LogP contribution in [-0.4, -0.2) is 18.3 Å². The van der Waals surface area contributed by atoms with Crippen LogP contribution in [-0.2, 0) is 0 Å². The zero-order valence-corrected chi connectivity index (χ0v) is 15.7. The average Bonchev–Trinajstić information content (AvgIpc) is 2.96. The van der Waals surface area contributed by atoms with Crippen LogP contribution < -0.4 is 10.2 Å². The summed E-state index contributed by atoms with van der Waals surface area (Å²) >= 11 is 5.05. The van der Waals surface area contributed by atoms with Crippen LogP contribution in [0.25, 0.3) is 11.3 Å². The maximum atomic E-state index is 5.22. The molecule has 6 heteroatoms. The van der Waals surface area contributed by atoms with Gasteiger partial charge in [-0.05, 0) is 46.6 Å². The van der Waals surface area contributed by atoms with Crippen molar-refractivity contribution in [3.63, 3.8) is 0 Å². The molecule has 1 N–H and O–H groups in total. The van der Waals surface area contributed by atoms with E-state index in [1.54, 1.807) is 24.7 Å². The molecule has 0 unspecified atom stereocenters. The van der Waals surface area contributed by atoms with Crippen LogP contribution in [0.5, 0.6) is 5.75 Å². The molecule has 0 amide bonds. The highest BCUT2D eigenvalue weighted by atomic mass is 79.9. The van der Waals surface area contributed by atoms with Crippen LogP contribution in [0.3, 0.4) is 0 Å². The standard InChI is InChI=1S/C18H16BrN3OS/c1-12-17(14-6-4-3-5-7-14)21-18(24-12)22-20-11-13-8-9-16(23-2)15(19)10-13/h3-11H,1-2H3,(H,21,22)/b20-11-. The van der Waals surface area contributed by atoms with Crippen molar-refractivity contribution in [3.05, 3.63) is 63.4 Å². The lowest BCUT2D eigenvalue weighted by Crippen LogP contribution is -1.91. The molecule has 0 saturated carbocycles. The van der Waals surface area contributed by atoms with E-state index in [1.807, 2.05) is 36.4 Å². The summed E-state index contributed by atoms with van der Waals surface area (Å²) in [6.07, 6.45) is 1.75. The van der Waals surface area contributed by atoms with Crippen LogP contribution in [0.2, 0.25) is 0 Å². The predicted octanol–water partition coefficient (Wildman–Crippen LogP) is 5.34. The number of hydrogen-bond acceptors (Lipinski definition) is 5. The van der Waals surface area contributed by atoms with E-state index < -0.39 is 0 Å². The zero-order valence-electron chi connectivity index (χ0n) is 13.3. The Hall–Kier alpha value is -2.18. The molecule has 1 heterocycles. The Bertz CT molecular complexity index is 862. The van der Waals surface area contributed by atoms with E-state index in [2.05, 4.69) is 50.5 Å². The van der Waals surface area contributed by atoms with Crippen molar-refractivity contribution in [1.82, 2.24) is 4.98 Å². The number of benzene rings is 2. The number of rotatable bonds is 5. The maximum absolute atomic E-state index is 5.22. The number of anilines is 1. The largest absolute Gasteiger partial charge is 0.496 e. The smallest absolute Gasteiger partial charge is 0.204 e. The molecule has 0 bridgehead atoms. The molecule has 3 aromatic rings.